The number of piperazine rings is 1. The van der Waals surface area contributed by atoms with Gasteiger partial charge in [0.05, 0.1) is 0 Å². The summed E-state index contributed by atoms with van der Waals surface area (Å²) >= 11 is 0. The molecule has 1 fully saturated rings. The summed E-state index contributed by atoms with van der Waals surface area (Å²) in [6.07, 6.45) is 3.65. The zero-order valence-corrected chi connectivity index (χ0v) is 12.9. The van der Waals surface area contributed by atoms with Crippen LogP contribution in [0.5, 0.6) is 0 Å². The van der Waals surface area contributed by atoms with Crippen LogP contribution in [-0.2, 0) is 7.05 Å². The molecule has 21 heavy (non-hydrogen) atoms. The molecule has 114 valence electrons. The van der Waals surface area contributed by atoms with E-state index in [0.29, 0.717) is 18.8 Å². The molecule has 1 aliphatic heterocycles. The van der Waals surface area contributed by atoms with E-state index in [9.17, 15) is 4.79 Å². The molecule has 0 bridgehead atoms. The summed E-state index contributed by atoms with van der Waals surface area (Å²) in [7, 11) is 1.94. The van der Waals surface area contributed by atoms with Gasteiger partial charge in [0.15, 0.2) is 5.76 Å². The number of amides is 1. The van der Waals surface area contributed by atoms with Crippen LogP contribution in [0.1, 0.15) is 28.2 Å². The number of hydrogen-bond donors (Lipinski definition) is 1. The Balaban J connectivity index is 0.00000161. The monoisotopic (exact) mass is 310 g/mol. The van der Waals surface area contributed by atoms with Crippen LogP contribution in [-0.4, -0.2) is 40.0 Å². The Labute approximate surface area is 129 Å². The quantitative estimate of drug-likeness (QED) is 0.913. The van der Waals surface area contributed by atoms with Crippen LogP contribution in [0.4, 0.5) is 0 Å². The van der Waals surface area contributed by atoms with E-state index in [0.717, 1.165) is 18.1 Å². The van der Waals surface area contributed by atoms with Gasteiger partial charge in [0, 0.05) is 39.1 Å². The van der Waals surface area contributed by atoms with Crippen molar-refractivity contribution in [1.82, 2.24) is 19.8 Å². The summed E-state index contributed by atoms with van der Waals surface area (Å²) in [4.78, 5) is 18.8. The zero-order chi connectivity index (χ0) is 14.1. The predicted molar refractivity (Wildman–Crippen MR) is 80.5 cm³/mol. The topological polar surface area (TPSA) is 63.3 Å². The first-order chi connectivity index (χ1) is 9.66. The standard InChI is InChI=1S/C14H18N4O2.ClH/c1-10-3-4-12(20-10)14(19)18-8-5-15-9-11(18)13-16-6-7-17(13)2;/h3-4,6-7,11,15H,5,8-9H2,1-2H3;1H. The number of rotatable bonds is 2. The summed E-state index contributed by atoms with van der Waals surface area (Å²) in [5.74, 6) is 1.95. The number of carbonyl (C=O) groups is 1. The lowest BCUT2D eigenvalue weighted by molar-refractivity contribution is 0.0587. The highest BCUT2D eigenvalue weighted by molar-refractivity contribution is 5.92. The Morgan fingerprint density at radius 1 is 1.48 bits per heavy atom. The molecule has 2 aromatic heterocycles. The lowest BCUT2D eigenvalue weighted by Crippen LogP contribution is -2.49. The molecule has 1 atom stereocenters. The van der Waals surface area contributed by atoms with Gasteiger partial charge >= 0.3 is 0 Å². The largest absolute Gasteiger partial charge is 0.456 e. The van der Waals surface area contributed by atoms with Gasteiger partial charge in [-0.05, 0) is 19.1 Å². The first kappa shape index (κ1) is 15.6. The number of nitrogens with one attached hydrogen (secondary N) is 1. The van der Waals surface area contributed by atoms with Crippen molar-refractivity contribution in [3.05, 3.63) is 41.9 Å². The van der Waals surface area contributed by atoms with Crippen molar-refractivity contribution in [3.8, 4) is 0 Å². The van der Waals surface area contributed by atoms with Gasteiger partial charge in [-0.3, -0.25) is 4.79 Å². The van der Waals surface area contributed by atoms with Crippen LogP contribution in [0.15, 0.2) is 28.9 Å². The van der Waals surface area contributed by atoms with Crippen molar-refractivity contribution in [3.63, 3.8) is 0 Å². The van der Waals surface area contributed by atoms with Crippen molar-refractivity contribution in [2.75, 3.05) is 19.6 Å². The molecule has 1 aliphatic rings. The van der Waals surface area contributed by atoms with Gasteiger partial charge < -0.3 is 19.2 Å². The highest BCUT2D eigenvalue weighted by Gasteiger charge is 2.32. The van der Waals surface area contributed by atoms with E-state index in [1.807, 2.05) is 35.7 Å². The second kappa shape index (κ2) is 6.32. The van der Waals surface area contributed by atoms with Crippen LogP contribution in [0.25, 0.3) is 0 Å². The number of aryl methyl sites for hydroxylation is 2. The van der Waals surface area contributed by atoms with Gasteiger partial charge in [-0.1, -0.05) is 0 Å². The van der Waals surface area contributed by atoms with Gasteiger partial charge in [0.1, 0.15) is 17.6 Å². The number of furan rings is 1. The Morgan fingerprint density at radius 2 is 2.29 bits per heavy atom. The Morgan fingerprint density at radius 3 is 2.90 bits per heavy atom. The van der Waals surface area contributed by atoms with E-state index >= 15 is 0 Å². The van der Waals surface area contributed by atoms with Gasteiger partial charge in [-0.2, -0.15) is 0 Å². The zero-order valence-electron chi connectivity index (χ0n) is 12.1. The average molecular weight is 311 g/mol. The third kappa shape index (κ3) is 2.96. The number of nitrogens with zero attached hydrogens (tertiary/aromatic N) is 3. The third-order valence-electron chi connectivity index (χ3n) is 3.61. The molecule has 0 spiro atoms. The fraction of sp³-hybridized carbons (Fsp3) is 0.429. The number of aromatic nitrogens is 2. The summed E-state index contributed by atoms with van der Waals surface area (Å²) in [6, 6.07) is 3.47. The van der Waals surface area contributed by atoms with Crippen LogP contribution >= 0.6 is 12.4 Å². The molecule has 1 saturated heterocycles. The minimum atomic E-state index is -0.0763. The predicted octanol–water partition coefficient (Wildman–Crippen LogP) is 1.53. The van der Waals surface area contributed by atoms with Gasteiger partial charge in [-0.15, -0.1) is 12.4 Å². The van der Waals surface area contributed by atoms with Crippen molar-refractivity contribution in [2.45, 2.75) is 13.0 Å². The molecule has 3 rings (SSSR count). The Kier molecular flexibility index (Phi) is 4.69. The summed E-state index contributed by atoms with van der Waals surface area (Å²) < 4.78 is 7.41. The number of imidazole rings is 1. The van der Waals surface area contributed by atoms with E-state index in [1.54, 1.807) is 12.3 Å². The van der Waals surface area contributed by atoms with E-state index < -0.39 is 0 Å². The molecular formula is C14H19ClN4O2. The second-order valence-electron chi connectivity index (χ2n) is 5.03. The third-order valence-corrected chi connectivity index (χ3v) is 3.61. The Hall–Kier alpha value is -1.79. The number of halogens is 1. The minimum Gasteiger partial charge on any atom is -0.456 e. The van der Waals surface area contributed by atoms with Gasteiger partial charge in [-0.25, -0.2) is 4.98 Å². The average Bonchev–Trinajstić information content (AvgIpc) is 3.07. The van der Waals surface area contributed by atoms with Crippen molar-refractivity contribution < 1.29 is 9.21 Å². The molecule has 2 aromatic rings. The minimum absolute atomic E-state index is 0. The molecule has 0 aliphatic carbocycles. The van der Waals surface area contributed by atoms with E-state index in [4.69, 9.17) is 4.42 Å². The van der Waals surface area contributed by atoms with Crippen LogP contribution in [0.2, 0.25) is 0 Å². The molecule has 0 saturated carbocycles. The first-order valence-electron chi connectivity index (χ1n) is 6.72. The maximum atomic E-state index is 12.6. The van der Waals surface area contributed by atoms with E-state index in [-0.39, 0.29) is 24.4 Å². The lowest BCUT2D eigenvalue weighted by Gasteiger charge is -2.35. The molecule has 1 N–H and O–H groups in total. The van der Waals surface area contributed by atoms with Gasteiger partial charge in [0.2, 0.25) is 0 Å². The van der Waals surface area contributed by atoms with E-state index in [2.05, 4.69) is 10.3 Å². The van der Waals surface area contributed by atoms with Crippen molar-refractivity contribution in [1.29, 1.82) is 0 Å². The fourth-order valence-corrected chi connectivity index (χ4v) is 2.57. The smallest absolute Gasteiger partial charge is 0.290 e. The normalized spacial score (nSPS) is 18.4. The highest BCUT2D eigenvalue weighted by Crippen LogP contribution is 2.23. The number of carbonyl (C=O) groups excluding carboxylic acids is 1. The maximum absolute atomic E-state index is 12.6. The Bertz CT molecular complexity index is 622. The van der Waals surface area contributed by atoms with Crippen LogP contribution < -0.4 is 5.32 Å². The molecule has 6 nitrogen and oxygen atoms in total. The maximum Gasteiger partial charge on any atom is 0.290 e. The van der Waals surface area contributed by atoms with Crippen molar-refractivity contribution in [2.24, 2.45) is 7.05 Å². The van der Waals surface area contributed by atoms with Crippen LogP contribution in [0, 0.1) is 6.92 Å². The molecule has 0 aromatic carbocycles. The van der Waals surface area contributed by atoms with Crippen LogP contribution in [0.3, 0.4) is 0 Å². The van der Waals surface area contributed by atoms with Crippen molar-refractivity contribution >= 4 is 18.3 Å². The molecule has 1 unspecified atom stereocenters. The van der Waals surface area contributed by atoms with E-state index in [1.165, 1.54) is 0 Å². The fourth-order valence-electron chi connectivity index (χ4n) is 2.57. The molecule has 1 amide bonds. The molecule has 0 radical (unpaired) electrons. The lowest BCUT2D eigenvalue weighted by atomic mass is 10.1. The second-order valence-corrected chi connectivity index (χ2v) is 5.03. The number of hydrogen-bond acceptors (Lipinski definition) is 4. The molecular weight excluding hydrogens is 292 g/mol. The highest BCUT2D eigenvalue weighted by atomic mass is 35.5. The summed E-state index contributed by atoms with van der Waals surface area (Å²) in [6.45, 7) is 3.98. The first-order valence-corrected chi connectivity index (χ1v) is 6.72. The molecule has 3 heterocycles. The van der Waals surface area contributed by atoms with Gasteiger partial charge in [0.25, 0.3) is 5.91 Å². The SMILES string of the molecule is Cc1ccc(C(=O)N2CCNCC2c2nccn2C)o1.Cl. The summed E-state index contributed by atoms with van der Waals surface area (Å²) in [5.41, 5.74) is 0. The molecule has 7 heteroatoms. The summed E-state index contributed by atoms with van der Waals surface area (Å²) in [5, 5.41) is 3.31.